The first-order valence-corrected chi connectivity index (χ1v) is 5.39. The lowest BCUT2D eigenvalue weighted by molar-refractivity contribution is 0.283. The highest BCUT2D eigenvalue weighted by molar-refractivity contribution is 5.39. The minimum Gasteiger partial charge on any atom is -0.396 e. The van der Waals surface area contributed by atoms with Gasteiger partial charge in [-0.05, 0) is 33.1 Å². The quantitative estimate of drug-likeness (QED) is 0.700. The summed E-state index contributed by atoms with van der Waals surface area (Å²) in [5.74, 6) is 0.874. The van der Waals surface area contributed by atoms with E-state index in [4.69, 9.17) is 5.11 Å². The number of aryl methyl sites for hydroxylation is 2. The lowest BCUT2D eigenvalue weighted by atomic mass is 10.2. The van der Waals surface area contributed by atoms with Crippen LogP contribution in [0.1, 0.15) is 30.7 Å². The maximum atomic E-state index is 8.62. The summed E-state index contributed by atoms with van der Waals surface area (Å²) >= 11 is 0. The Kier molecular flexibility index (Phi) is 5.04. The molecule has 0 radical (unpaired) electrons. The van der Waals surface area contributed by atoms with Crippen LogP contribution in [0.4, 0.5) is 5.82 Å². The van der Waals surface area contributed by atoms with Gasteiger partial charge in [0, 0.05) is 19.3 Å². The van der Waals surface area contributed by atoms with Crippen LogP contribution in [0, 0.1) is 13.8 Å². The summed E-state index contributed by atoms with van der Waals surface area (Å²) in [6.07, 6.45) is 4.74. The molecule has 1 rings (SSSR count). The molecule has 4 heteroatoms. The molecule has 0 aliphatic heterocycles. The SMILES string of the molecule is Cc1cnc(C)c(NCCCCCO)n1. The van der Waals surface area contributed by atoms with Crippen LogP contribution in [0.5, 0.6) is 0 Å². The number of aromatic nitrogens is 2. The average Bonchev–Trinajstić information content (AvgIpc) is 2.23. The monoisotopic (exact) mass is 209 g/mol. The van der Waals surface area contributed by atoms with Crippen molar-refractivity contribution in [2.75, 3.05) is 18.5 Å². The Balaban J connectivity index is 2.33. The lowest BCUT2D eigenvalue weighted by Gasteiger charge is -2.07. The van der Waals surface area contributed by atoms with Gasteiger partial charge in [0.1, 0.15) is 5.82 Å². The molecule has 0 aliphatic carbocycles. The average molecular weight is 209 g/mol. The van der Waals surface area contributed by atoms with Crippen LogP contribution in [0.15, 0.2) is 6.20 Å². The van der Waals surface area contributed by atoms with E-state index in [0.717, 1.165) is 43.0 Å². The van der Waals surface area contributed by atoms with Crippen molar-refractivity contribution >= 4 is 5.82 Å². The number of hydrogen-bond acceptors (Lipinski definition) is 4. The predicted molar refractivity (Wildman–Crippen MR) is 60.9 cm³/mol. The molecule has 0 atom stereocenters. The van der Waals surface area contributed by atoms with Gasteiger partial charge in [-0.1, -0.05) is 0 Å². The second-order valence-corrected chi connectivity index (χ2v) is 3.66. The Hall–Kier alpha value is -1.16. The molecule has 0 saturated carbocycles. The minimum atomic E-state index is 0.281. The highest BCUT2D eigenvalue weighted by atomic mass is 16.2. The molecular weight excluding hydrogens is 190 g/mol. The first-order valence-electron chi connectivity index (χ1n) is 5.39. The molecule has 1 heterocycles. The van der Waals surface area contributed by atoms with Crippen molar-refractivity contribution in [2.45, 2.75) is 33.1 Å². The van der Waals surface area contributed by atoms with Crippen molar-refractivity contribution in [1.29, 1.82) is 0 Å². The number of aliphatic hydroxyl groups excluding tert-OH is 1. The van der Waals surface area contributed by atoms with E-state index in [1.165, 1.54) is 0 Å². The topological polar surface area (TPSA) is 58.0 Å². The van der Waals surface area contributed by atoms with Gasteiger partial charge in [-0.2, -0.15) is 0 Å². The summed E-state index contributed by atoms with van der Waals surface area (Å²) in [6.45, 7) is 5.05. The van der Waals surface area contributed by atoms with E-state index in [-0.39, 0.29) is 6.61 Å². The van der Waals surface area contributed by atoms with E-state index in [2.05, 4.69) is 15.3 Å². The van der Waals surface area contributed by atoms with Crippen LogP contribution in [0.25, 0.3) is 0 Å². The molecule has 1 aromatic heterocycles. The molecule has 4 nitrogen and oxygen atoms in total. The van der Waals surface area contributed by atoms with Crippen LogP contribution in [0.2, 0.25) is 0 Å². The summed E-state index contributed by atoms with van der Waals surface area (Å²) < 4.78 is 0. The number of hydrogen-bond donors (Lipinski definition) is 2. The number of nitrogens with one attached hydrogen (secondary N) is 1. The first-order chi connectivity index (χ1) is 7.24. The summed E-state index contributed by atoms with van der Waals surface area (Å²) in [6, 6.07) is 0. The maximum Gasteiger partial charge on any atom is 0.147 e. The smallest absolute Gasteiger partial charge is 0.147 e. The third-order valence-corrected chi connectivity index (χ3v) is 2.20. The Morgan fingerprint density at radius 3 is 2.80 bits per heavy atom. The molecule has 1 aromatic rings. The van der Waals surface area contributed by atoms with Gasteiger partial charge in [-0.25, -0.2) is 4.98 Å². The Labute approximate surface area is 90.8 Å². The number of nitrogens with zero attached hydrogens (tertiary/aromatic N) is 2. The summed E-state index contributed by atoms with van der Waals surface area (Å²) in [5.41, 5.74) is 1.86. The Morgan fingerprint density at radius 2 is 2.07 bits per heavy atom. The largest absolute Gasteiger partial charge is 0.396 e. The molecule has 0 aromatic carbocycles. The molecule has 0 aliphatic rings. The molecule has 84 valence electrons. The standard InChI is InChI=1S/C11H19N3O/c1-9-8-13-10(2)11(14-9)12-6-4-3-5-7-15/h8,15H,3-7H2,1-2H3,(H,12,14). The maximum absolute atomic E-state index is 8.62. The van der Waals surface area contributed by atoms with Gasteiger partial charge >= 0.3 is 0 Å². The fourth-order valence-corrected chi connectivity index (χ4v) is 1.33. The van der Waals surface area contributed by atoms with Crippen molar-refractivity contribution in [3.8, 4) is 0 Å². The van der Waals surface area contributed by atoms with Crippen molar-refractivity contribution in [3.63, 3.8) is 0 Å². The van der Waals surface area contributed by atoms with Crippen molar-refractivity contribution in [1.82, 2.24) is 9.97 Å². The summed E-state index contributed by atoms with van der Waals surface area (Å²) in [4.78, 5) is 8.60. The van der Waals surface area contributed by atoms with Crippen LogP contribution in [-0.2, 0) is 0 Å². The predicted octanol–water partition coefficient (Wildman–Crippen LogP) is 1.67. The molecule has 0 spiro atoms. The van der Waals surface area contributed by atoms with Gasteiger partial charge in [0.25, 0.3) is 0 Å². The lowest BCUT2D eigenvalue weighted by Crippen LogP contribution is -2.07. The van der Waals surface area contributed by atoms with Gasteiger partial charge in [0.2, 0.25) is 0 Å². The van der Waals surface area contributed by atoms with Crippen LogP contribution < -0.4 is 5.32 Å². The number of anilines is 1. The van der Waals surface area contributed by atoms with E-state index < -0.39 is 0 Å². The minimum absolute atomic E-state index is 0.281. The van der Waals surface area contributed by atoms with Gasteiger partial charge in [0.05, 0.1) is 11.4 Å². The molecule has 0 saturated heterocycles. The third kappa shape index (κ3) is 4.25. The zero-order valence-corrected chi connectivity index (χ0v) is 9.45. The summed E-state index contributed by atoms with van der Waals surface area (Å²) in [5, 5.41) is 11.9. The number of unbranched alkanes of at least 4 members (excludes halogenated alkanes) is 2. The van der Waals surface area contributed by atoms with Gasteiger partial charge in [-0.3, -0.25) is 4.98 Å². The zero-order valence-electron chi connectivity index (χ0n) is 9.45. The van der Waals surface area contributed by atoms with Crippen LogP contribution in [-0.4, -0.2) is 28.2 Å². The third-order valence-electron chi connectivity index (χ3n) is 2.20. The highest BCUT2D eigenvalue weighted by Gasteiger charge is 2.00. The van der Waals surface area contributed by atoms with Crippen LogP contribution in [0.3, 0.4) is 0 Å². The van der Waals surface area contributed by atoms with Crippen molar-refractivity contribution < 1.29 is 5.11 Å². The molecule has 0 unspecified atom stereocenters. The van der Waals surface area contributed by atoms with E-state index in [1.54, 1.807) is 6.20 Å². The van der Waals surface area contributed by atoms with Crippen molar-refractivity contribution in [2.24, 2.45) is 0 Å². The van der Waals surface area contributed by atoms with E-state index in [1.807, 2.05) is 13.8 Å². The van der Waals surface area contributed by atoms with E-state index in [0.29, 0.717) is 0 Å². The number of aliphatic hydroxyl groups is 1. The zero-order chi connectivity index (χ0) is 11.1. The first kappa shape index (κ1) is 11.9. The van der Waals surface area contributed by atoms with Crippen LogP contribution >= 0.6 is 0 Å². The highest BCUT2D eigenvalue weighted by Crippen LogP contribution is 2.08. The molecule has 15 heavy (non-hydrogen) atoms. The molecular formula is C11H19N3O. The van der Waals surface area contributed by atoms with Gasteiger partial charge < -0.3 is 10.4 Å². The normalized spacial score (nSPS) is 10.3. The molecule has 0 bridgehead atoms. The molecule has 2 N–H and O–H groups in total. The van der Waals surface area contributed by atoms with E-state index in [9.17, 15) is 0 Å². The van der Waals surface area contributed by atoms with Gasteiger partial charge in [0.15, 0.2) is 0 Å². The van der Waals surface area contributed by atoms with E-state index >= 15 is 0 Å². The fraction of sp³-hybridized carbons (Fsp3) is 0.636. The fourth-order valence-electron chi connectivity index (χ4n) is 1.33. The number of rotatable bonds is 6. The molecule has 0 fully saturated rings. The Morgan fingerprint density at radius 1 is 1.27 bits per heavy atom. The second kappa shape index (κ2) is 6.35. The second-order valence-electron chi connectivity index (χ2n) is 3.66. The summed E-state index contributed by atoms with van der Waals surface area (Å²) in [7, 11) is 0. The Bertz CT molecular complexity index is 302. The van der Waals surface area contributed by atoms with Gasteiger partial charge in [-0.15, -0.1) is 0 Å². The van der Waals surface area contributed by atoms with Crippen molar-refractivity contribution in [3.05, 3.63) is 17.6 Å². The molecule has 0 amide bonds.